The van der Waals surface area contributed by atoms with E-state index < -0.39 is 0 Å². The molecular formula is C19H30N2O3. The zero-order valence-corrected chi connectivity index (χ0v) is 14.9. The lowest BCUT2D eigenvalue weighted by Gasteiger charge is -2.32. The number of piperidine rings is 1. The minimum Gasteiger partial charge on any atom is -0.491 e. The van der Waals surface area contributed by atoms with E-state index in [-0.39, 0.29) is 5.91 Å². The Morgan fingerprint density at radius 2 is 1.83 bits per heavy atom. The molecule has 0 unspecified atom stereocenters. The number of amides is 1. The lowest BCUT2D eigenvalue weighted by molar-refractivity contribution is -0.130. The number of carbonyl (C=O) groups is 1. The molecule has 1 aliphatic rings. The van der Waals surface area contributed by atoms with Crippen LogP contribution < -0.4 is 4.74 Å². The molecule has 1 aromatic rings. The van der Waals surface area contributed by atoms with Crippen LogP contribution in [0.5, 0.6) is 5.75 Å². The first kappa shape index (κ1) is 18.7. The summed E-state index contributed by atoms with van der Waals surface area (Å²) in [5.74, 6) is 1.67. The molecule has 0 bridgehead atoms. The molecule has 2 rings (SSSR count). The van der Waals surface area contributed by atoms with E-state index in [4.69, 9.17) is 9.47 Å². The van der Waals surface area contributed by atoms with Crippen LogP contribution in [-0.2, 0) is 9.53 Å². The highest BCUT2D eigenvalue weighted by molar-refractivity contribution is 5.75. The number of likely N-dealkylation sites (tertiary alicyclic amines) is 1. The van der Waals surface area contributed by atoms with E-state index in [1.165, 1.54) is 0 Å². The highest BCUT2D eigenvalue weighted by Gasteiger charge is 2.21. The van der Waals surface area contributed by atoms with Gasteiger partial charge in [-0.3, -0.25) is 4.79 Å². The summed E-state index contributed by atoms with van der Waals surface area (Å²) in [6.45, 7) is 5.02. The van der Waals surface area contributed by atoms with Gasteiger partial charge < -0.3 is 19.3 Å². The van der Waals surface area contributed by atoms with E-state index in [0.717, 1.165) is 44.8 Å². The van der Waals surface area contributed by atoms with Crippen molar-refractivity contribution < 1.29 is 14.3 Å². The molecule has 5 heteroatoms. The minimum atomic E-state index is 0.246. The molecule has 1 heterocycles. The Hall–Kier alpha value is -1.59. The van der Waals surface area contributed by atoms with Gasteiger partial charge in [0.15, 0.2) is 0 Å². The summed E-state index contributed by atoms with van der Waals surface area (Å²) < 4.78 is 11.2. The predicted octanol–water partition coefficient (Wildman–Crippen LogP) is 2.27. The largest absolute Gasteiger partial charge is 0.491 e. The quantitative estimate of drug-likeness (QED) is 0.650. The van der Waals surface area contributed by atoms with Gasteiger partial charge in [-0.1, -0.05) is 18.2 Å². The van der Waals surface area contributed by atoms with Crippen LogP contribution >= 0.6 is 0 Å². The van der Waals surface area contributed by atoms with Crippen molar-refractivity contribution in [1.29, 1.82) is 0 Å². The third-order valence-electron chi connectivity index (χ3n) is 4.46. The second-order valence-electron chi connectivity index (χ2n) is 6.55. The maximum Gasteiger partial charge on any atom is 0.222 e. The smallest absolute Gasteiger partial charge is 0.222 e. The van der Waals surface area contributed by atoms with Crippen molar-refractivity contribution in [1.82, 2.24) is 9.80 Å². The zero-order chi connectivity index (χ0) is 17.2. The number of para-hydroxylation sites is 1. The molecule has 1 amide bonds. The highest BCUT2D eigenvalue weighted by atomic mass is 16.5. The molecule has 1 fully saturated rings. The van der Waals surface area contributed by atoms with E-state index in [2.05, 4.69) is 4.90 Å². The molecular weight excluding hydrogens is 304 g/mol. The third-order valence-corrected chi connectivity index (χ3v) is 4.46. The van der Waals surface area contributed by atoms with Crippen LogP contribution in [0.15, 0.2) is 30.3 Å². The van der Waals surface area contributed by atoms with Gasteiger partial charge in [-0.25, -0.2) is 0 Å². The summed E-state index contributed by atoms with van der Waals surface area (Å²) in [7, 11) is 3.66. The first-order valence-corrected chi connectivity index (χ1v) is 8.83. The number of hydrogen-bond acceptors (Lipinski definition) is 4. The summed E-state index contributed by atoms with van der Waals surface area (Å²) in [5.41, 5.74) is 0. The normalized spacial score (nSPS) is 16.1. The van der Waals surface area contributed by atoms with Crippen molar-refractivity contribution in [2.24, 2.45) is 5.92 Å². The Labute approximate surface area is 145 Å². The van der Waals surface area contributed by atoms with Gasteiger partial charge in [0.1, 0.15) is 12.4 Å². The summed E-state index contributed by atoms with van der Waals surface area (Å²) >= 11 is 0. The van der Waals surface area contributed by atoms with Crippen LogP contribution in [0.2, 0.25) is 0 Å². The maximum atomic E-state index is 11.7. The molecule has 0 aromatic heterocycles. The molecule has 1 aliphatic heterocycles. The first-order chi connectivity index (χ1) is 11.6. The van der Waals surface area contributed by atoms with Crippen LogP contribution in [0.3, 0.4) is 0 Å². The zero-order valence-electron chi connectivity index (χ0n) is 14.9. The predicted molar refractivity (Wildman–Crippen MR) is 95.2 cm³/mol. The van der Waals surface area contributed by atoms with Gasteiger partial charge in [0.2, 0.25) is 5.91 Å². The summed E-state index contributed by atoms with van der Waals surface area (Å²) in [5, 5.41) is 0. The van der Waals surface area contributed by atoms with Crippen LogP contribution in [0.25, 0.3) is 0 Å². The number of carbonyl (C=O) groups excluding carboxylic acids is 1. The average molecular weight is 334 g/mol. The Balaban J connectivity index is 1.48. The second kappa shape index (κ2) is 10.3. The fourth-order valence-electron chi connectivity index (χ4n) is 2.87. The molecule has 0 spiro atoms. The van der Waals surface area contributed by atoms with Gasteiger partial charge in [0.05, 0.1) is 13.2 Å². The summed E-state index contributed by atoms with van der Waals surface area (Å²) in [6.07, 6.45) is 2.90. The molecule has 24 heavy (non-hydrogen) atoms. The topological polar surface area (TPSA) is 42.0 Å². The molecule has 0 aliphatic carbocycles. The van der Waals surface area contributed by atoms with Crippen molar-refractivity contribution in [3.63, 3.8) is 0 Å². The van der Waals surface area contributed by atoms with Gasteiger partial charge in [-0.15, -0.1) is 0 Å². The molecule has 134 valence electrons. The van der Waals surface area contributed by atoms with Crippen molar-refractivity contribution in [3.05, 3.63) is 30.3 Å². The van der Waals surface area contributed by atoms with Gasteiger partial charge in [-0.05, 0) is 44.0 Å². The first-order valence-electron chi connectivity index (χ1n) is 8.83. The Morgan fingerprint density at radius 3 is 2.50 bits per heavy atom. The molecule has 1 saturated heterocycles. The summed E-state index contributed by atoms with van der Waals surface area (Å²) in [6, 6.07) is 9.80. The minimum absolute atomic E-state index is 0.246. The molecule has 0 saturated carbocycles. The van der Waals surface area contributed by atoms with Gasteiger partial charge in [0, 0.05) is 27.1 Å². The highest BCUT2D eigenvalue weighted by Crippen LogP contribution is 2.20. The fourth-order valence-corrected chi connectivity index (χ4v) is 2.87. The number of rotatable bonds is 9. The van der Waals surface area contributed by atoms with Crippen LogP contribution in [0.4, 0.5) is 0 Å². The van der Waals surface area contributed by atoms with Crippen molar-refractivity contribution >= 4 is 5.91 Å². The number of nitrogens with zero attached hydrogens (tertiary/aromatic N) is 2. The van der Waals surface area contributed by atoms with Crippen LogP contribution in [0, 0.1) is 5.92 Å². The van der Waals surface area contributed by atoms with Crippen molar-refractivity contribution in [3.8, 4) is 5.75 Å². The molecule has 5 nitrogen and oxygen atoms in total. The Kier molecular flexibility index (Phi) is 8.05. The Morgan fingerprint density at radius 1 is 1.12 bits per heavy atom. The second-order valence-corrected chi connectivity index (χ2v) is 6.55. The van der Waals surface area contributed by atoms with Gasteiger partial charge in [0.25, 0.3) is 0 Å². The lowest BCUT2D eigenvalue weighted by Crippen LogP contribution is -2.37. The fraction of sp³-hybridized carbons (Fsp3) is 0.632. The molecule has 0 radical (unpaired) electrons. The average Bonchev–Trinajstić information content (AvgIpc) is 2.60. The molecule has 1 aromatic carbocycles. The monoisotopic (exact) mass is 334 g/mol. The molecule has 0 N–H and O–H groups in total. The maximum absolute atomic E-state index is 11.7. The van der Waals surface area contributed by atoms with E-state index >= 15 is 0 Å². The number of benzene rings is 1. The van der Waals surface area contributed by atoms with Gasteiger partial charge in [-0.2, -0.15) is 0 Å². The van der Waals surface area contributed by atoms with Crippen LogP contribution in [-0.4, -0.2) is 69.3 Å². The van der Waals surface area contributed by atoms with Gasteiger partial charge >= 0.3 is 0 Å². The SMILES string of the molecule is CN(C)C(=O)CC1CCN(CCOCCOc2ccccc2)CC1. The van der Waals surface area contributed by atoms with E-state index in [9.17, 15) is 4.79 Å². The Bertz CT molecular complexity index is 471. The summed E-state index contributed by atoms with van der Waals surface area (Å²) in [4.78, 5) is 15.9. The van der Waals surface area contributed by atoms with Crippen LogP contribution in [0.1, 0.15) is 19.3 Å². The van der Waals surface area contributed by atoms with Crippen molar-refractivity contribution in [2.75, 3.05) is 53.6 Å². The van der Waals surface area contributed by atoms with E-state index in [0.29, 0.717) is 25.6 Å². The number of hydrogen-bond donors (Lipinski definition) is 0. The standard InChI is InChI=1S/C19H30N2O3/c1-20(2)19(22)16-17-8-10-21(11-9-17)12-13-23-14-15-24-18-6-4-3-5-7-18/h3-7,17H,8-16H2,1-2H3. The lowest BCUT2D eigenvalue weighted by atomic mass is 9.93. The van der Waals surface area contributed by atoms with E-state index in [1.54, 1.807) is 4.90 Å². The third kappa shape index (κ3) is 6.89. The number of ether oxygens (including phenoxy) is 2. The van der Waals surface area contributed by atoms with E-state index in [1.807, 2.05) is 44.4 Å². The van der Waals surface area contributed by atoms with Crippen molar-refractivity contribution in [2.45, 2.75) is 19.3 Å². The molecule has 0 atom stereocenters.